The number of carbonyl (C=O) groups excluding carboxylic acids is 1. The highest BCUT2D eigenvalue weighted by molar-refractivity contribution is 7.20. The van der Waals surface area contributed by atoms with Crippen LogP contribution in [-0.2, 0) is 0 Å². The van der Waals surface area contributed by atoms with E-state index >= 15 is 0 Å². The summed E-state index contributed by atoms with van der Waals surface area (Å²) >= 11 is 13.4. The number of carbonyl (C=O) groups is 1. The molecule has 0 aliphatic heterocycles. The highest BCUT2D eigenvalue weighted by Crippen LogP contribution is 2.36. The Balaban J connectivity index is 2.06. The summed E-state index contributed by atoms with van der Waals surface area (Å²) in [4.78, 5) is 10.7. The van der Waals surface area contributed by atoms with E-state index in [1.165, 1.54) is 11.3 Å². The quantitative estimate of drug-likeness (QED) is 0.759. The molecule has 4 nitrogen and oxygen atoms in total. The van der Waals surface area contributed by atoms with Crippen LogP contribution >= 0.6 is 34.5 Å². The van der Waals surface area contributed by atoms with Crippen molar-refractivity contribution in [3.63, 3.8) is 0 Å². The van der Waals surface area contributed by atoms with Gasteiger partial charge in [-0.25, -0.2) is 4.79 Å². The number of nitrogens with two attached hydrogens (primary N) is 1. The molecule has 2 amide bonds. The summed E-state index contributed by atoms with van der Waals surface area (Å²) < 4.78 is 1.35. The highest BCUT2D eigenvalue weighted by atomic mass is 35.5. The third kappa shape index (κ3) is 3.79. The van der Waals surface area contributed by atoms with E-state index in [0.717, 1.165) is 11.3 Å². The lowest BCUT2D eigenvalue weighted by molar-refractivity contribution is 0.259. The van der Waals surface area contributed by atoms with Gasteiger partial charge in [0.1, 0.15) is 0 Å². The smallest absolute Gasteiger partial charge is 0.316 e. The monoisotopic (exact) mass is 329 g/mol. The zero-order valence-corrected chi connectivity index (χ0v) is 12.9. The van der Waals surface area contributed by atoms with E-state index in [-0.39, 0.29) is 6.04 Å². The second-order valence-corrected chi connectivity index (χ2v) is 6.50. The molecular weight excluding hydrogens is 317 g/mol. The van der Waals surface area contributed by atoms with E-state index in [1.807, 2.05) is 25.1 Å². The molecule has 1 atom stereocenters. The maximum Gasteiger partial charge on any atom is 0.316 e. The van der Waals surface area contributed by atoms with Crippen LogP contribution < -0.4 is 16.4 Å². The van der Waals surface area contributed by atoms with Crippen molar-refractivity contribution >= 4 is 51.9 Å². The van der Waals surface area contributed by atoms with Gasteiger partial charge in [-0.3, -0.25) is 0 Å². The predicted octanol–water partition coefficient (Wildman–Crippen LogP) is 4.72. The number of anilines is 2. The molecule has 0 aliphatic rings. The fraction of sp³-hybridized carbons (Fsp3) is 0.154. The lowest BCUT2D eigenvalue weighted by atomic mass is 10.1. The largest absolute Gasteiger partial charge is 0.378 e. The summed E-state index contributed by atoms with van der Waals surface area (Å²) in [5.74, 6) is 0. The Hall–Kier alpha value is -1.43. The Morgan fingerprint density at radius 3 is 2.35 bits per heavy atom. The summed E-state index contributed by atoms with van der Waals surface area (Å²) in [7, 11) is 0. The van der Waals surface area contributed by atoms with Gasteiger partial charge in [-0.1, -0.05) is 23.2 Å². The second-order valence-electron chi connectivity index (χ2n) is 4.21. The highest BCUT2D eigenvalue weighted by Gasteiger charge is 2.13. The molecule has 2 aromatic rings. The summed E-state index contributed by atoms with van der Waals surface area (Å²) in [5, 5.41) is 5.82. The number of rotatable bonds is 4. The molecule has 1 aromatic carbocycles. The minimum absolute atomic E-state index is 0.0289. The molecule has 1 aromatic heterocycles. The fourth-order valence-corrected chi connectivity index (χ4v) is 3.41. The molecule has 0 aliphatic carbocycles. The zero-order valence-electron chi connectivity index (χ0n) is 10.6. The Bertz CT molecular complexity index is 613. The SMILES string of the molecule is CC(Nc1ccc(NC(N)=O)cc1)c1cc(Cl)sc1Cl. The minimum Gasteiger partial charge on any atom is -0.378 e. The van der Waals surface area contributed by atoms with E-state index in [2.05, 4.69) is 10.6 Å². The van der Waals surface area contributed by atoms with Gasteiger partial charge in [0.25, 0.3) is 0 Å². The van der Waals surface area contributed by atoms with Crippen molar-refractivity contribution in [1.82, 2.24) is 0 Å². The first-order valence-corrected chi connectivity index (χ1v) is 7.40. The second kappa shape index (κ2) is 6.35. The topological polar surface area (TPSA) is 67.2 Å². The summed E-state index contributed by atoms with van der Waals surface area (Å²) in [5.41, 5.74) is 7.56. The van der Waals surface area contributed by atoms with Crippen LogP contribution in [0.15, 0.2) is 30.3 Å². The Morgan fingerprint density at radius 2 is 1.85 bits per heavy atom. The first kappa shape index (κ1) is 15.0. The minimum atomic E-state index is -0.584. The Kier molecular flexibility index (Phi) is 4.75. The van der Waals surface area contributed by atoms with Gasteiger partial charge in [0.2, 0.25) is 0 Å². The molecule has 2 rings (SSSR count). The van der Waals surface area contributed by atoms with E-state index < -0.39 is 6.03 Å². The summed E-state index contributed by atoms with van der Waals surface area (Å²) in [6.45, 7) is 2.00. The van der Waals surface area contributed by atoms with Crippen molar-refractivity contribution in [2.45, 2.75) is 13.0 Å². The maximum atomic E-state index is 10.7. The molecule has 4 N–H and O–H groups in total. The molecular formula is C13H13Cl2N3OS. The van der Waals surface area contributed by atoms with Gasteiger partial charge < -0.3 is 16.4 Å². The van der Waals surface area contributed by atoms with Crippen LogP contribution in [0.5, 0.6) is 0 Å². The summed E-state index contributed by atoms with van der Waals surface area (Å²) in [6, 6.07) is 8.53. The van der Waals surface area contributed by atoms with Crippen LogP contribution in [0.3, 0.4) is 0 Å². The number of nitrogens with one attached hydrogen (secondary N) is 2. The van der Waals surface area contributed by atoms with Gasteiger partial charge in [-0.2, -0.15) is 0 Å². The third-order valence-corrected chi connectivity index (χ3v) is 4.20. The molecule has 0 saturated carbocycles. The molecule has 0 bridgehead atoms. The van der Waals surface area contributed by atoms with Crippen molar-refractivity contribution in [2.24, 2.45) is 5.73 Å². The van der Waals surface area contributed by atoms with Gasteiger partial charge in [0.15, 0.2) is 0 Å². The molecule has 1 heterocycles. The Labute approximate surface area is 130 Å². The van der Waals surface area contributed by atoms with Crippen molar-refractivity contribution in [3.8, 4) is 0 Å². The number of thiophene rings is 1. The molecule has 20 heavy (non-hydrogen) atoms. The van der Waals surface area contributed by atoms with Crippen LogP contribution in [0.25, 0.3) is 0 Å². The zero-order chi connectivity index (χ0) is 14.7. The fourth-order valence-electron chi connectivity index (χ4n) is 1.77. The van der Waals surface area contributed by atoms with Crippen molar-refractivity contribution in [3.05, 3.63) is 44.6 Å². The van der Waals surface area contributed by atoms with Gasteiger partial charge in [-0.15, -0.1) is 11.3 Å². The summed E-state index contributed by atoms with van der Waals surface area (Å²) in [6.07, 6.45) is 0. The van der Waals surface area contributed by atoms with E-state index in [0.29, 0.717) is 14.4 Å². The van der Waals surface area contributed by atoms with Crippen molar-refractivity contribution in [2.75, 3.05) is 10.6 Å². The van der Waals surface area contributed by atoms with Gasteiger partial charge in [0, 0.05) is 16.9 Å². The molecule has 0 spiro atoms. The first-order valence-electron chi connectivity index (χ1n) is 5.83. The van der Waals surface area contributed by atoms with Crippen LogP contribution in [0.1, 0.15) is 18.5 Å². The van der Waals surface area contributed by atoms with Gasteiger partial charge in [0.05, 0.1) is 14.7 Å². The van der Waals surface area contributed by atoms with Crippen molar-refractivity contribution < 1.29 is 4.79 Å². The maximum absolute atomic E-state index is 10.7. The van der Waals surface area contributed by atoms with E-state index in [9.17, 15) is 4.79 Å². The molecule has 0 fully saturated rings. The lowest BCUT2D eigenvalue weighted by Gasteiger charge is -2.15. The Morgan fingerprint density at radius 1 is 1.25 bits per heavy atom. The van der Waals surface area contributed by atoms with Crippen LogP contribution in [0.2, 0.25) is 8.67 Å². The number of urea groups is 1. The molecule has 106 valence electrons. The van der Waals surface area contributed by atoms with Crippen molar-refractivity contribution in [1.29, 1.82) is 0 Å². The number of hydrogen-bond donors (Lipinski definition) is 3. The molecule has 1 unspecified atom stereocenters. The number of hydrogen-bond acceptors (Lipinski definition) is 3. The third-order valence-electron chi connectivity index (χ3n) is 2.69. The average molecular weight is 330 g/mol. The molecule has 7 heteroatoms. The number of primary amides is 1. The van der Waals surface area contributed by atoms with Crippen LogP contribution in [0.4, 0.5) is 16.2 Å². The number of halogens is 2. The predicted molar refractivity (Wildman–Crippen MR) is 86.0 cm³/mol. The van der Waals surface area contributed by atoms with Gasteiger partial charge in [-0.05, 0) is 37.3 Å². The standard InChI is InChI=1S/C13H13Cl2N3OS/c1-7(10-6-11(14)20-12(10)15)17-8-2-4-9(5-3-8)18-13(16)19/h2-7,17H,1H3,(H3,16,18,19). The number of amides is 2. The van der Waals surface area contributed by atoms with Gasteiger partial charge >= 0.3 is 6.03 Å². The normalized spacial score (nSPS) is 11.9. The first-order chi connectivity index (χ1) is 9.45. The lowest BCUT2D eigenvalue weighted by Crippen LogP contribution is -2.19. The van der Waals surface area contributed by atoms with Crippen LogP contribution in [-0.4, -0.2) is 6.03 Å². The van der Waals surface area contributed by atoms with E-state index in [4.69, 9.17) is 28.9 Å². The van der Waals surface area contributed by atoms with E-state index in [1.54, 1.807) is 12.1 Å². The number of benzene rings is 1. The molecule has 0 radical (unpaired) electrons. The van der Waals surface area contributed by atoms with Crippen LogP contribution in [0, 0.1) is 0 Å². The molecule has 0 saturated heterocycles. The average Bonchev–Trinajstić information content (AvgIpc) is 2.70.